The highest BCUT2D eigenvalue weighted by Gasteiger charge is 2.09. The van der Waals surface area contributed by atoms with Gasteiger partial charge in [-0.1, -0.05) is 12.1 Å². The van der Waals surface area contributed by atoms with E-state index in [1.165, 1.54) is 12.7 Å². The van der Waals surface area contributed by atoms with Crippen LogP contribution in [0.25, 0.3) is 0 Å². The van der Waals surface area contributed by atoms with Gasteiger partial charge in [-0.05, 0) is 12.1 Å². The van der Waals surface area contributed by atoms with Gasteiger partial charge < -0.3 is 5.73 Å². The number of nitrogens with one attached hydrogen (secondary N) is 1. The van der Waals surface area contributed by atoms with E-state index in [1.54, 1.807) is 24.3 Å². The highest BCUT2D eigenvalue weighted by molar-refractivity contribution is 6.06. The number of nitrogens with two attached hydrogens (primary N) is 1. The maximum atomic E-state index is 11.7. The molecule has 0 aliphatic heterocycles. The summed E-state index contributed by atoms with van der Waals surface area (Å²) < 4.78 is 0. The average Bonchev–Trinajstić information content (AvgIpc) is 2.31. The molecular formula is C10H9N5O. The van der Waals surface area contributed by atoms with Gasteiger partial charge in [-0.25, -0.2) is 15.0 Å². The molecule has 6 heteroatoms. The molecule has 0 bridgehead atoms. The lowest BCUT2D eigenvalue weighted by atomic mass is 10.2. The van der Waals surface area contributed by atoms with E-state index in [9.17, 15) is 4.79 Å². The van der Waals surface area contributed by atoms with E-state index in [0.717, 1.165) is 0 Å². The van der Waals surface area contributed by atoms with Crippen LogP contribution in [0.1, 0.15) is 10.4 Å². The first-order chi connectivity index (χ1) is 7.77. The van der Waals surface area contributed by atoms with Crippen LogP contribution in [0.3, 0.4) is 0 Å². The molecular weight excluding hydrogens is 206 g/mol. The molecule has 0 radical (unpaired) electrons. The Morgan fingerprint density at radius 1 is 1.19 bits per heavy atom. The quantitative estimate of drug-likeness (QED) is 0.719. The molecule has 2 rings (SSSR count). The second-order valence-corrected chi connectivity index (χ2v) is 3.00. The minimum absolute atomic E-state index is 0.197. The maximum absolute atomic E-state index is 11.7. The van der Waals surface area contributed by atoms with Crippen molar-refractivity contribution >= 4 is 17.5 Å². The lowest BCUT2D eigenvalue weighted by Crippen LogP contribution is -2.15. The van der Waals surface area contributed by atoms with Crippen molar-refractivity contribution < 1.29 is 4.79 Å². The van der Waals surface area contributed by atoms with E-state index in [4.69, 9.17) is 5.73 Å². The Balaban J connectivity index is 2.19. The molecule has 80 valence electrons. The molecule has 0 fully saturated rings. The first-order valence-corrected chi connectivity index (χ1v) is 4.55. The molecule has 0 spiro atoms. The van der Waals surface area contributed by atoms with Crippen molar-refractivity contribution in [3.05, 3.63) is 42.5 Å². The van der Waals surface area contributed by atoms with Crippen molar-refractivity contribution in [3.8, 4) is 0 Å². The molecule has 0 aliphatic rings. The highest BCUT2D eigenvalue weighted by atomic mass is 16.1. The second kappa shape index (κ2) is 4.35. The Bertz CT molecular complexity index is 500. The fraction of sp³-hybridized carbons (Fsp3) is 0. The molecule has 6 nitrogen and oxygen atoms in total. The van der Waals surface area contributed by atoms with Crippen molar-refractivity contribution in [1.29, 1.82) is 0 Å². The van der Waals surface area contributed by atoms with Gasteiger partial charge in [-0.3, -0.25) is 10.1 Å². The Labute approximate surface area is 91.6 Å². The number of nitrogen functional groups attached to an aromatic ring is 1. The number of aromatic nitrogens is 3. The van der Waals surface area contributed by atoms with E-state index in [-0.39, 0.29) is 11.9 Å². The lowest BCUT2D eigenvalue weighted by Gasteiger charge is -2.04. The van der Waals surface area contributed by atoms with Gasteiger partial charge in [-0.2, -0.15) is 0 Å². The summed E-state index contributed by atoms with van der Waals surface area (Å²) in [5.41, 5.74) is 6.46. The number of hydrogen-bond donors (Lipinski definition) is 2. The van der Waals surface area contributed by atoms with E-state index < -0.39 is 0 Å². The smallest absolute Gasteiger partial charge is 0.260 e. The number of carbonyl (C=O) groups excluding carboxylic acids is 1. The van der Waals surface area contributed by atoms with Crippen molar-refractivity contribution in [2.45, 2.75) is 0 Å². The van der Waals surface area contributed by atoms with Crippen LogP contribution in [0, 0.1) is 0 Å². The monoisotopic (exact) mass is 215 g/mol. The second-order valence-electron chi connectivity index (χ2n) is 3.00. The fourth-order valence-electron chi connectivity index (χ4n) is 1.18. The van der Waals surface area contributed by atoms with Gasteiger partial charge in [0.15, 0.2) is 0 Å². The highest BCUT2D eigenvalue weighted by Crippen LogP contribution is 2.11. The number of benzene rings is 1. The number of carbonyl (C=O) groups is 1. The number of para-hydroxylation sites is 1. The number of nitrogens with zero attached hydrogens (tertiary/aromatic N) is 3. The molecule has 2 aromatic rings. The van der Waals surface area contributed by atoms with Crippen LogP contribution < -0.4 is 11.1 Å². The van der Waals surface area contributed by atoms with Crippen LogP contribution in [0.4, 0.5) is 11.6 Å². The predicted octanol–water partition coefficient (Wildman–Crippen LogP) is 0.706. The Kier molecular flexibility index (Phi) is 2.73. The number of hydrogen-bond acceptors (Lipinski definition) is 5. The Morgan fingerprint density at radius 3 is 2.56 bits per heavy atom. The van der Waals surface area contributed by atoms with E-state index in [0.29, 0.717) is 11.3 Å². The van der Waals surface area contributed by atoms with Gasteiger partial charge in [0, 0.05) is 5.69 Å². The Hall–Kier alpha value is -2.50. The summed E-state index contributed by atoms with van der Waals surface area (Å²) in [6, 6.07) is 6.78. The van der Waals surface area contributed by atoms with Crippen molar-refractivity contribution in [2.75, 3.05) is 11.1 Å². The molecule has 0 aliphatic carbocycles. The molecule has 0 atom stereocenters. The van der Waals surface area contributed by atoms with Crippen molar-refractivity contribution in [2.24, 2.45) is 0 Å². The molecule has 0 saturated carbocycles. The van der Waals surface area contributed by atoms with E-state index in [2.05, 4.69) is 20.3 Å². The number of anilines is 2. The zero-order valence-corrected chi connectivity index (χ0v) is 8.29. The van der Waals surface area contributed by atoms with Crippen molar-refractivity contribution in [1.82, 2.24) is 15.0 Å². The summed E-state index contributed by atoms with van der Waals surface area (Å²) in [5.74, 6) is -0.146. The number of rotatable bonds is 2. The van der Waals surface area contributed by atoms with Gasteiger partial charge >= 0.3 is 0 Å². The molecule has 3 N–H and O–H groups in total. The van der Waals surface area contributed by atoms with Gasteiger partial charge in [0.1, 0.15) is 12.7 Å². The van der Waals surface area contributed by atoms with Crippen LogP contribution in [0.15, 0.2) is 36.9 Å². The maximum Gasteiger partial charge on any atom is 0.260 e. The van der Waals surface area contributed by atoms with Gasteiger partial charge in [0.25, 0.3) is 5.91 Å². The zero-order chi connectivity index (χ0) is 11.4. The van der Waals surface area contributed by atoms with Gasteiger partial charge in [0.2, 0.25) is 5.95 Å². The molecule has 16 heavy (non-hydrogen) atoms. The average molecular weight is 215 g/mol. The standard InChI is InChI=1S/C10H9N5O/c11-8-4-2-1-3-7(8)9(16)15-10-13-5-12-6-14-10/h1-6H,11H2,(H,12,13,14,15,16). The van der Waals surface area contributed by atoms with Crippen molar-refractivity contribution in [3.63, 3.8) is 0 Å². The third kappa shape index (κ3) is 2.11. The zero-order valence-electron chi connectivity index (χ0n) is 8.29. The minimum Gasteiger partial charge on any atom is -0.398 e. The summed E-state index contributed by atoms with van der Waals surface area (Å²) in [6.45, 7) is 0. The fourth-order valence-corrected chi connectivity index (χ4v) is 1.18. The molecule has 0 saturated heterocycles. The van der Waals surface area contributed by atoms with Crippen LogP contribution in [-0.4, -0.2) is 20.9 Å². The molecule has 1 aromatic heterocycles. The molecule has 1 amide bonds. The van der Waals surface area contributed by atoms with Crippen LogP contribution >= 0.6 is 0 Å². The third-order valence-corrected chi connectivity index (χ3v) is 1.92. The summed E-state index contributed by atoms with van der Waals surface area (Å²) in [6.07, 6.45) is 2.61. The van der Waals surface area contributed by atoms with E-state index >= 15 is 0 Å². The lowest BCUT2D eigenvalue weighted by molar-refractivity contribution is 0.102. The first kappa shape index (κ1) is 10.0. The molecule has 0 unspecified atom stereocenters. The molecule has 1 heterocycles. The molecule has 1 aromatic carbocycles. The van der Waals surface area contributed by atoms with Gasteiger partial charge in [0.05, 0.1) is 5.56 Å². The predicted molar refractivity (Wildman–Crippen MR) is 58.6 cm³/mol. The topological polar surface area (TPSA) is 93.8 Å². The third-order valence-electron chi connectivity index (χ3n) is 1.92. The summed E-state index contributed by atoms with van der Waals surface area (Å²) in [4.78, 5) is 22.9. The van der Waals surface area contributed by atoms with Crippen LogP contribution in [0.5, 0.6) is 0 Å². The summed E-state index contributed by atoms with van der Waals surface area (Å²) in [5, 5.41) is 2.52. The normalized spacial score (nSPS) is 9.75. The Morgan fingerprint density at radius 2 is 1.88 bits per heavy atom. The van der Waals surface area contributed by atoms with Gasteiger partial charge in [-0.15, -0.1) is 0 Å². The first-order valence-electron chi connectivity index (χ1n) is 4.55. The van der Waals surface area contributed by atoms with Crippen LogP contribution in [0.2, 0.25) is 0 Å². The number of amides is 1. The summed E-state index contributed by atoms with van der Waals surface area (Å²) >= 11 is 0. The SMILES string of the molecule is Nc1ccccc1C(=O)Nc1ncncn1. The largest absolute Gasteiger partial charge is 0.398 e. The summed E-state index contributed by atoms with van der Waals surface area (Å²) in [7, 11) is 0. The van der Waals surface area contributed by atoms with E-state index in [1.807, 2.05) is 0 Å². The van der Waals surface area contributed by atoms with Crippen LogP contribution in [-0.2, 0) is 0 Å². The minimum atomic E-state index is -0.343.